The van der Waals surface area contributed by atoms with E-state index in [1.54, 1.807) is 4.90 Å². The molecule has 3 unspecified atom stereocenters. The van der Waals surface area contributed by atoms with Crippen molar-refractivity contribution in [3.05, 3.63) is 0 Å². The van der Waals surface area contributed by atoms with Crippen molar-refractivity contribution in [3.63, 3.8) is 0 Å². The van der Waals surface area contributed by atoms with Gasteiger partial charge in [-0.2, -0.15) is 0 Å². The van der Waals surface area contributed by atoms with E-state index in [0.29, 0.717) is 12.5 Å². The first kappa shape index (κ1) is 14.0. The van der Waals surface area contributed by atoms with Crippen LogP contribution in [0, 0.1) is 17.8 Å². The third-order valence-electron chi connectivity index (χ3n) is 4.26. The van der Waals surface area contributed by atoms with E-state index in [9.17, 15) is 9.59 Å². The molecule has 1 aliphatic heterocycles. The average molecular weight is 316 g/mol. The van der Waals surface area contributed by atoms with Crippen molar-refractivity contribution in [2.24, 2.45) is 17.8 Å². The SMILES string of the molecule is CCCC(CBr)CN1C(=O)C2CCCC(C2)C1=O. The summed E-state index contributed by atoms with van der Waals surface area (Å²) in [5.41, 5.74) is 0. The fraction of sp³-hybridized carbons (Fsp3) is 0.857. The van der Waals surface area contributed by atoms with E-state index in [1.165, 1.54) is 0 Å². The summed E-state index contributed by atoms with van der Waals surface area (Å²) in [5.74, 6) is 0.843. The largest absolute Gasteiger partial charge is 0.282 e. The summed E-state index contributed by atoms with van der Waals surface area (Å²) in [7, 11) is 0. The van der Waals surface area contributed by atoms with Crippen molar-refractivity contribution < 1.29 is 9.59 Å². The number of nitrogens with zero attached hydrogens (tertiary/aromatic N) is 1. The van der Waals surface area contributed by atoms with Crippen molar-refractivity contribution in [1.82, 2.24) is 4.90 Å². The highest BCUT2D eigenvalue weighted by atomic mass is 79.9. The number of carbonyl (C=O) groups excluding carboxylic acids is 2. The van der Waals surface area contributed by atoms with Gasteiger partial charge in [0, 0.05) is 23.7 Å². The lowest BCUT2D eigenvalue weighted by molar-refractivity contribution is -0.158. The number of hydrogen-bond acceptors (Lipinski definition) is 2. The Hall–Kier alpha value is -0.380. The van der Waals surface area contributed by atoms with Gasteiger partial charge in [-0.1, -0.05) is 35.7 Å². The highest BCUT2D eigenvalue weighted by molar-refractivity contribution is 9.09. The molecule has 2 rings (SSSR count). The van der Waals surface area contributed by atoms with Gasteiger partial charge in [-0.25, -0.2) is 0 Å². The molecule has 0 aromatic heterocycles. The zero-order chi connectivity index (χ0) is 13.1. The number of fused-ring (bicyclic) bond motifs is 2. The van der Waals surface area contributed by atoms with Crippen LogP contribution >= 0.6 is 15.9 Å². The predicted molar refractivity (Wildman–Crippen MR) is 74.4 cm³/mol. The molecule has 0 spiro atoms. The first-order chi connectivity index (χ1) is 8.67. The first-order valence-corrected chi connectivity index (χ1v) is 8.20. The van der Waals surface area contributed by atoms with Gasteiger partial charge in [0.1, 0.15) is 0 Å². The van der Waals surface area contributed by atoms with Crippen molar-refractivity contribution >= 4 is 27.7 Å². The van der Waals surface area contributed by atoms with Crippen molar-refractivity contribution in [2.75, 3.05) is 11.9 Å². The fourth-order valence-corrected chi connectivity index (χ4v) is 3.78. The van der Waals surface area contributed by atoms with Crippen molar-refractivity contribution in [3.8, 4) is 0 Å². The fourth-order valence-electron chi connectivity index (χ4n) is 3.25. The molecule has 1 saturated carbocycles. The second-order valence-corrected chi connectivity index (χ2v) is 6.30. The molecule has 0 aromatic carbocycles. The summed E-state index contributed by atoms with van der Waals surface area (Å²) in [6.45, 7) is 2.76. The molecule has 0 N–H and O–H groups in total. The van der Waals surface area contributed by atoms with Gasteiger partial charge in [-0.3, -0.25) is 14.5 Å². The quantitative estimate of drug-likeness (QED) is 0.578. The molecule has 2 bridgehead atoms. The number of rotatable bonds is 5. The molecule has 102 valence electrons. The lowest BCUT2D eigenvalue weighted by Gasteiger charge is -2.40. The molecule has 1 aliphatic carbocycles. The van der Waals surface area contributed by atoms with Crippen LogP contribution in [0.1, 0.15) is 45.4 Å². The van der Waals surface area contributed by atoms with E-state index in [4.69, 9.17) is 0 Å². The highest BCUT2D eigenvalue weighted by Gasteiger charge is 2.43. The van der Waals surface area contributed by atoms with E-state index in [2.05, 4.69) is 22.9 Å². The molecular weight excluding hydrogens is 294 g/mol. The predicted octanol–water partition coefficient (Wildman–Crippen LogP) is 2.97. The topological polar surface area (TPSA) is 37.4 Å². The maximum atomic E-state index is 12.3. The Labute approximate surface area is 117 Å². The Kier molecular flexibility index (Phi) is 4.82. The number of alkyl halides is 1. The molecule has 3 atom stereocenters. The molecule has 4 heteroatoms. The van der Waals surface area contributed by atoms with Gasteiger partial charge in [0.2, 0.25) is 11.8 Å². The first-order valence-electron chi connectivity index (χ1n) is 7.08. The Morgan fingerprint density at radius 3 is 2.39 bits per heavy atom. The molecule has 2 aliphatic rings. The Bertz CT molecular complexity index is 310. The summed E-state index contributed by atoms with van der Waals surface area (Å²) in [4.78, 5) is 26.2. The summed E-state index contributed by atoms with van der Waals surface area (Å²) in [6, 6.07) is 0. The molecule has 0 radical (unpaired) electrons. The number of carbonyl (C=O) groups is 2. The Morgan fingerprint density at radius 1 is 1.28 bits per heavy atom. The van der Waals surface area contributed by atoms with Crippen LogP contribution in [0.15, 0.2) is 0 Å². The van der Waals surface area contributed by atoms with Crippen LogP contribution in [0.3, 0.4) is 0 Å². The summed E-state index contributed by atoms with van der Waals surface area (Å²) >= 11 is 3.50. The number of hydrogen-bond donors (Lipinski definition) is 0. The van der Waals surface area contributed by atoms with Gasteiger partial charge in [0.25, 0.3) is 0 Å². The van der Waals surface area contributed by atoms with Gasteiger partial charge < -0.3 is 0 Å². The molecule has 1 saturated heterocycles. The van der Waals surface area contributed by atoms with E-state index in [-0.39, 0.29) is 23.7 Å². The minimum absolute atomic E-state index is 0.0954. The van der Waals surface area contributed by atoms with Crippen LogP contribution in [0.2, 0.25) is 0 Å². The van der Waals surface area contributed by atoms with Crippen LogP contribution in [0.4, 0.5) is 0 Å². The molecule has 2 amide bonds. The number of imide groups is 1. The molecule has 1 heterocycles. The van der Waals surface area contributed by atoms with E-state index in [1.807, 2.05) is 0 Å². The number of halogens is 1. The number of likely N-dealkylation sites (tertiary alicyclic amines) is 1. The van der Waals surface area contributed by atoms with Gasteiger partial charge in [-0.15, -0.1) is 0 Å². The van der Waals surface area contributed by atoms with Crippen LogP contribution in [0.25, 0.3) is 0 Å². The standard InChI is InChI=1S/C14H22BrNO2/c1-2-4-10(8-15)9-16-13(17)11-5-3-6-12(7-11)14(16)18/h10-12H,2-9H2,1H3. The van der Waals surface area contributed by atoms with Crippen LogP contribution in [-0.2, 0) is 9.59 Å². The van der Waals surface area contributed by atoms with Gasteiger partial charge in [-0.05, 0) is 31.6 Å². The second-order valence-electron chi connectivity index (χ2n) is 5.66. The van der Waals surface area contributed by atoms with Crippen molar-refractivity contribution in [1.29, 1.82) is 0 Å². The smallest absolute Gasteiger partial charge is 0.232 e. The van der Waals surface area contributed by atoms with Crippen molar-refractivity contribution in [2.45, 2.75) is 45.4 Å². The van der Waals surface area contributed by atoms with Gasteiger partial charge in [0.15, 0.2) is 0 Å². The molecule has 18 heavy (non-hydrogen) atoms. The molecule has 0 aromatic rings. The zero-order valence-corrected chi connectivity index (χ0v) is 12.6. The Balaban J connectivity index is 2.05. The van der Waals surface area contributed by atoms with E-state index in [0.717, 1.165) is 43.9 Å². The second kappa shape index (κ2) is 6.18. The summed E-state index contributed by atoms with van der Waals surface area (Å²) < 4.78 is 0. The molecule has 2 fully saturated rings. The van der Waals surface area contributed by atoms with Crippen LogP contribution in [0.5, 0.6) is 0 Å². The van der Waals surface area contributed by atoms with Crippen LogP contribution in [-0.4, -0.2) is 28.6 Å². The lowest BCUT2D eigenvalue weighted by Crippen LogP contribution is -2.52. The van der Waals surface area contributed by atoms with E-state index < -0.39 is 0 Å². The highest BCUT2D eigenvalue weighted by Crippen LogP contribution is 2.36. The summed E-state index contributed by atoms with van der Waals surface area (Å²) in [5, 5.41) is 0.868. The van der Waals surface area contributed by atoms with Gasteiger partial charge in [0.05, 0.1) is 0 Å². The lowest BCUT2D eigenvalue weighted by atomic mass is 9.76. The Morgan fingerprint density at radius 2 is 1.89 bits per heavy atom. The average Bonchev–Trinajstić information content (AvgIpc) is 2.41. The third kappa shape index (κ3) is 2.79. The van der Waals surface area contributed by atoms with E-state index >= 15 is 0 Å². The molecule has 3 nitrogen and oxygen atoms in total. The maximum Gasteiger partial charge on any atom is 0.232 e. The van der Waals surface area contributed by atoms with Crippen LogP contribution < -0.4 is 0 Å². The summed E-state index contributed by atoms with van der Waals surface area (Å²) in [6.07, 6.45) is 5.97. The zero-order valence-electron chi connectivity index (χ0n) is 11.0. The minimum Gasteiger partial charge on any atom is -0.282 e. The molecular formula is C14H22BrNO2. The normalized spacial score (nSPS) is 29.6. The minimum atomic E-state index is 0.0954. The third-order valence-corrected chi connectivity index (χ3v) is 5.18. The number of piperidine rings is 1. The van der Waals surface area contributed by atoms with Gasteiger partial charge >= 0.3 is 0 Å². The monoisotopic (exact) mass is 315 g/mol. The maximum absolute atomic E-state index is 12.3. The number of amides is 2.